The molecule has 0 unspecified atom stereocenters. The minimum Gasteiger partial charge on any atom is -0.476 e. The van der Waals surface area contributed by atoms with Crippen molar-refractivity contribution in [2.75, 3.05) is 40.0 Å². The van der Waals surface area contributed by atoms with E-state index in [0.29, 0.717) is 17.7 Å². The lowest BCUT2D eigenvalue weighted by atomic mass is 9.86. The van der Waals surface area contributed by atoms with Gasteiger partial charge >= 0.3 is 12.1 Å². The van der Waals surface area contributed by atoms with Crippen LogP contribution in [-0.4, -0.2) is 83.5 Å². The van der Waals surface area contributed by atoms with Crippen molar-refractivity contribution in [3.05, 3.63) is 58.7 Å². The molecule has 0 saturated carbocycles. The Balaban J connectivity index is 1.69. The second kappa shape index (κ2) is 13.9. The maximum atomic E-state index is 15.9. The molecular formula is C33H44F2N4O5. The van der Waals surface area contributed by atoms with Crippen molar-refractivity contribution in [3.8, 4) is 5.88 Å². The number of halogens is 2. The van der Waals surface area contributed by atoms with Crippen molar-refractivity contribution >= 4 is 23.0 Å². The summed E-state index contributed by atoms with van der Waals surface area (Å²) in [5.41, 5.74) is 3.13. The predicted molar refractivity (Wildman–Crippen MR) is 164 cm³/mol. The molecule has 11 heteroatoms. The molecule has 1 aliphatic rings. The molecule has 0 aliphatic carbocycles. The summed E-state index contributed by atoms with van der Waals surface area (Å²) < 4.78 is 45.4. The number of rotatable bonds is 11. The molecule has 1 amide bonds. The average molecular weight is 615 g/mol. The Morgan fingerprint density at radius 3 is 2.64 bits per heavy atom. The largest absolute Gasteiger partial charge is 0.476 e. The van der Waals surface area contributed by atoms with Gasteiger partial charge in [-0.05, 0) is 59.1 Å². The van der Waals surface area contributed by atoms with Crippen LogP contribution in [0.25, 0.3) is 10.9 Å². The number of aromatic nitrogens is 2. The number of hydrogen-bond acceptors (Lipinski definition) is 7. The molecule has 44 heavy (non-hydrogen) atoms. The Morgan fingerprint density at radius 1 is 1.23 bits per heavy atom. The first-order chi connectivity index (χ1) is 20.9. The third kappa shape index (κ3) is 7.31. The Bertz CT molecular complexity index is 1470. The number of benzene rings is 1. The highest BCUT2D eigenvalue weighted by atomic mass is 19.1. The monoisotopic (exact) mass is 614 g/mol. The summed E-state index contributed by atoms with van der Waals surface area (Å²) in [5.74, 6) is -1.04. The molecule has 1 aliphatic heterocycles. The summed E-state index contributed by atoms with van der Waals surface area (Å²) in [6, 6.07) is 7.43. The van der Waals surface area contributed by atoms with Crippen LogP contribution in [0.1, 0.15) is 69.5 Å². The first-order valence-electron chi connectivity index (χ1n) is 15.1. The van der Waals surface area contributed by atoms with Crippen LogP contribution in [-0.2, 0) is 20.7 Å². The van der Waals surface area contributed by atoms with Crippen LogP contribution in [0.4, 0.5) is 13.6 Å². The number of methoxy groups -OCH3 is 1. The standard InChI is InChI=1S/C33H44F2N4O5/c1-20(31(40)42-7)19-39-21(2)17-24-23-11-8-9-12-26(23)37-28(24)29(39)27-22(3)30(36-18-25(27)35)43-16-15-38(14-10-13-34)32(41)44-33(4,5)6/h8-9,11-12,18,20-21,29,37H,10,13-17,19H2,1-7H3/t20-,21-,29-/m1/s1. The molecular weight excluding hydrogens is 570 g/mol. The van der Waals surface area contributed by atoms with E-state index in [1.54, 1.807) is 34.6 Å². The first-order valence-corrected chi connectivity index (χ1v) is 15.1. The van der Waals surface area contributed by atoms with Crippen LogP contribution in [0.2, 0.25) is 0 Å². The number of carbonyl (C=O) groups excluding carboxylic acids is 2. The molecule has 0 fully saturated rings. The number of fused-ring (bicyclic) bond motifs is 3. The van der Waals surface area contributed by atoms with Crippen LogP contribution in [0, 0.1) is 18.7 Å². The van der Waals surface area contributed by atoms with Gasteiger partial charge in [-0.25, -0.2) is 14.2 Å². The van der Waals surface area contributed by atoms with Crippen molar-refractivity contribution in [3.63, 3.8) is 0 Å². The highest BCUT2D eigenvalue weighted by Gasteiger charge is 2.40. The number of alkyl halides is 1. The molecule has 0 bridgehead atoms. The molecule has 0 radical (unpaired) electrons. The van der Waals surface area contributed by atoms with Crippen LogP contribution < -0.4 is 4.74 Å². The van der Waals surface area contributed by atoms with Gasteiger partial charge in [-0.15, -0.1) is 0 Å². The highest BCUT2D eigenvalue weighted by Crippen LogP contribution is 2.43. The van der Waals surface area contributed by atoms with E-state index in [1.807, 2.05) is 18.2 Å². The molecule has 1 N–H and O–H groups in total. The van der Waals surface area contributed by atoms with E-state index in [2.05, 4.69) is 27.9 Å². The topological polar surface area (TPSA) is 97.0 Å². The lowest BCUT2D eigenvalue weighted by Gasteiger charge is -2.42. The molecule has 3 atom stereocenters. The van der Waals surface area contributed by atoms with Crippen LogP contribution in [0.15, 0.2) is 30.5 Å². The molecule has 1 aromatic carbocycles. The van der Waals surface area contributed by atoms with Gasteiger partial charge in [0.1, 0.15) is 18.0 Å². The molecule has 3 heterocycles. The zero-order chi connectivity index (χ0) is 32.2. The molecule has 4 rings (SSSR count). The Morgan fingerprint density at radius 2 is 1.95 bits per heavy atom. The van der Waals surface area contributed by atoms with Gasteiger partial charge in [0.15, 0.2) is 0 Å². The minimum absolute atomic E-state index is 0.0203. The number of esters is 1. The number of ether oxygens (including phenoxy) is 3. The second-order valence-electron chi connectivity index (χ2n) is 12.4. The van der Waals surface area contributed by atoms with Gasteiger partial charge in [0.2, 0.25) is 5.88 Å². The maximum absolute atomic E-state index is 15.9. The number of nitrogens with one attached hydrogen (secondary N) is 1. The van der Waals surface area contributed by atoms with Gasteiger partial charge in [-0.1, -0.05) is 25.1 Å². The second-order valence-corrected chi connectivity index (χ2v) is 12.4. The van der Waals surface area contributed by atoms with Gasteiger partial charge in [-0.2, -0.15) is 0 Å². The van der Waals surface area contributed by atoms with Gasteiger partial charge < -0.3 is 24.1 Å². The van der Waals surface area contributed by atoms with E-state index in [0.717, 1.165) is 34.8 Å². The minimum atomic E-state index is -0.703. The average Bonchev–Trinajstić information content (AvgIpc) is 3.33. The Labute approximate surface area is 257 Å². The normalized spacial score (nSPS) is 17.7. The highest BCUT2D eigenvalue weighted by molar-refractivity contribution is 5.85. The zero-order valence-corrected chi connectivity index (χ0v) is 26.7. The van der Waals surface area contributed by atoms with E-state index in [9.17, 15) is 14.0 Å². The van der Waals surface area contributed by atoms with E-state index in [4.69, 9.17) is 14.2 Å². The molecule has 2 aromatic heterocycles. The maximum Gasteiger partial charge on any atom is 0.410 e. The predicted octanol–water partition coefficient (Wildman–Crippen LogP) is 6.13. The smallest absolute Gasteiger partial charge is 0.410 e. The van der Waals surface area contributed by atoms with Gasteiger partial charge in [0, 0.05) is 46.9 Å². The third-order valence-electron chi connectivity index (χ3n) is 7.97. The summed E-state index contributed by atoms with van der Waals surface area (Å²) in [5, 5.41) is 1.08. The molecule has 0 saturated heterocycles. The zero-order valence-electron chi connectivity index (χ0n) is 26.7. The van der Waals surface area contributed by atoms with Crippen molar-refractivity contribution in [1.82, 2.24) is 19.8 Å². The van der Waals surface area contributed by atoms with Gasteiger partial charge in [0.05, 0.1) is 38.5 Å². The summed E-state index contributed by atoms with van der Waals surface area (Å²) in [6.07, 6.45) is 1.48. The van der Waals surface area contributed by atoms with E-state index >= 15 is 4.39 Å². The number of carbonyl (C=O) groups is 2. The van der Waals surface area contributed by atoms with Crippen LogP contribution in [0.5, 0.6) is 5.88 Å². The fourth-order valence-corrected chi connectivity index (χ4v) is 5.88. The molecule has 240 valence electrons. The lowest BCUT2D eigenvalue weighted by molar-refractivity contribution is -0.145. The van der Waals surface area contributed by atoms with Crippen LogP contribution in [0.3, 0.4) is 0 Å². The van der Waals surface area contributed by atoms with E-state index < -0.39 is 36.1 Å². The first kappa shape index (κ1) is 33.2. The fraction of sp³-hybridized carbons (Fsp3) is 0.545. The van der Waals surface area contributed by atoms with Gasteiger partial charge in [0.25, 0.3) is 0 Å². The van der Waals surface area contributed by atoms with E-state index in [-0.39, 0.29) is 44.0 Å². The number of amides is 1. The Hall–Kier alpha value is -3.73. The summed E-state index contributed by atoms with van der Waals surface area (Å²) in [4.78, 5) is 36.5. The fourth-order valence-electron chi connectivity index (χ4n) is 5.88. The quantitative estimate of drug-likeness (QED) is 0.260. The van der Waals surface area contributed by atoms with Crippen molar-refractivity contribution in [2.24, 2.45) is 5.92 Å². The molecule has 0 spiro atoms. The number of hydrogen-bond donors (Lipinski definition) is 1. The SMILES string of the molecule is COC(=O)[C@H](C)CN1[C@H](c2c(F)cnc(OCCN(CCCF)C(=O)OC(C)(C)C)c2C)c2[nH]c3ccccc3c2C[C@H]1C. The number of pyridine rings is 1. The van der Waals surface area contributed by atoms with Gasteiger partial charge in [-0.3, -0.25) is 14.1 Å². The summed E-state index contributed by atoms with van der Waals surface area (Å²) in [6.45, 7) is 11.1. The third-order valence-corrected chi connectivity index (χ3v) is 7.97. The van der Waals surface area contributed by atoms with Crippen LogP contribution >= 0.6 is 0 Å². The lowest BCUT2D eigenvalue weighted by Crippen LogP contribution is -2.46. The molecule has 9 nitrogen and oxygen atoms in total. The van der Waals surface area contributed by atoms with Crippen molar-refractivity contribution in [2.45, 2.75) is 72.1 Å². The number of aromatic amines is 1. The van der Waals surface area contributed by atoms with Crippen molar-refractivity contribution in [1.29, 1.82) is 0 Å². The number of H-pyrrole nitrogens is 1. The molecule has 3 aromatic rings. The van der Waals surface area contributed by atoms with E-state index in [1.165, 1.54) is 12.0 Å². The summed E-state index contributed by atoms with van der Waals surface area (Å²) >= 11 is 0. The van der Waals surface area contributed by atoms with Crippen molar-refractivity contribution < 1.29 is 32.6 Å². The number of para-hydroxylation sites is 1. The Kier molecular flexibility index (Phi) is 10.5. The summed E-state index contributed by atoms with van der Waals surface area (Å²) in [7, 11) is 1.36. The number of nitrogens with zero attached hydrogens (tertiary/aromatic N) is 3.